The number of amides is 2. The Morgan fingerprint density at radius 3 is 1.69 bits per heavy atom. The zero-order chi connectivity index (χ0) is 12.6. The van der Waals surface area contributed by atoms with E-state index in [4.69, 9.17) is 14.8 Å². The standard InChI is InChI=1S/C6H10N2O7S/c9-5(10)8(6(11)12,16(13,14)15)7-3-1-2-4-7/h1-4H2,(H2-,9,10,11,12,13,14,15)/p+1. The number of quaternary nitrogens is 1. The Kier molecular flexibility index (Phi) is 3.19. The Morgan fingerprint density at radius 2 is 1.44 bits per heavy atom. The molecule has 9 nitrogen and oxygen atoms in total. The minimum Gasteiger partial charge on any atom is -0.433 e. The van der Waals surface area contributed by atoms with Gasteiger partial charge in [0.2, 0.25) is 0 Å². The Labute approximate surface area is 90.9 Å². The van der Waals surface area contributed by atoms with Crippen LogP contribution >= 0.6 is 0 Å². The molecule has 0 bridgehead atoms. The van der Waals surface area contributed by atoms with Gasteiger partial charge in [-0.2, -0.15) is 9.59 Å². The largest absolute Gasteiger partial charge is 0.563 e. The number of hydrogen-bond donors (Lipinski definition) is 3. The molecule has 3 N–H and O–H groups in total. The maximum Gasteiger partial charge on any atom is 0.563 e. The molecule has 1 heterocycles. The lowest BCUT2D eigenvalue weighted by Crippen LogP contribution is -2.67. The number of imide groups is 1. The summed E-state index contributed by atoms with van der Waals surface area (Å²) in [6.07, 6.45) is -3.40. The minimum absolute atomic E-state index is 0.0294. The van der Waals surface area contributed by atoms with E-state index in [1.54, 1.807) is 0 Å². The minimum atomic E-state index is -5.34. The van der Waals surface area contributed by atoms with Crippen LogP contribution in [0.2, 0.25) is 0 Å². The van der Waals surface area contributed by atoms with Crippen molar-refractivity contribution in [3.8, 4) is 0 Å². The number of rotatable bonds is 2. The molecule has 1 rings (SSSR count). The summed E-state index contributed by atoms with van der Waals surface area (Å²) in [5.74, 6) is 0. The smallest absolute Gasteiger partial charge is 0.433 e. The van der Waals surface area contributed by atoms with Crippen molar-refractivity contribution in [2.24, 2.45) is 0 Å². The first-order chi connectivity index (χ1) is 7.24. The molecule has 1 aliphatic rings. The zero-order valence-electron chi connectivity index (χ0n) is 8.11. The van der Waals surface area contributed by atoms with Crippen molar-refractivity contribution in [1.82, 2.24) is 5.01 Å². The van der Waals surface area contributed by atoms with E-state index in [1.165, 1.54) is 0 Å². The van der Waals surface area contributed by atoms with Crippen LogP contribution in [0.4, 0.5) is 9.59 Å². The van der Waals surface area contributed by atoms with Gasteiger partial charge in [0.15, 0.2) is 0 Å². The quantitative estimate of drug-likeness (QED) is 0.463. The summed E-state index contributed by atoms with van der Waals surface area (Å²) in [6, 6.07) is 0. The molecule has 0 aromatic rings. The normalized spacial score (nSPS) is 18.6. The molecule has 92 valence electrons. The van der Waals surface area contributed by atoms with Gasteiger partial charge in [-0.1, -0.05) is 0 Å². The molecule has 2 amide bonds. The van der Waals surface area contributed by atoms with E-state index in [-0.39, 0.29) is 13.1 Å². The fourth-order valence-corrected chi connectivity index (χ4v) is 2.50. The Hall–Kier alpha value is -1.23. The third kappa shape index (κ3) is 1.65. The molecule has 0 aromatic carbocycles. The molecule has 16 heavy (non-hydrogen) atoms. The first kappa shape index (κ1) is 12.8. The van der Waals surface area contributed by atoms with Gasteiger partial charge < -0.3 is 10.2 Å². The third-order valence-electron chi connectivity index (χ3n) is 2.33. The summed E-state index contributed by atoms with van der Waals surface area (Å²) in [4.78, 5) is 21.8. The van der Waals surface area contributed by atoms with Crippen molar-refractivity contribution < 1.29 is 36.8 Å². The van der Waals surface area contributed by atoms with Gasteiger partial charge in [0.25, 0.3) is 0 Å². The van der Waals surface area contributed by atoms with E-state index in [0.717, 1.165) is 0 Å². The van der Waals surface area contributed by atoms with Gasteiger partial charge >= 0.3 is 22.5 Å². The molecule has 1 saturated heterocycles. The molecular formula is C6H11N2O7S+. The molecule has 1 aliphatic heterocycles. The van der Waals surface area contributed by atoms with Gasteiger partial charge in [-0.05, 0) is 12.8 Å². The van der Waals surface area contributed by atoms with E-state index < -0.39 is 26.5 Å². The molecule has 0 aliphatic carbocycles. The van der Waals surface area contributed by atoms with Crippen molar-refractivity contribution in [1.29, 1.82) is 0 Å². The summed E-state index contributed by atoms with van der Waals surface area (Å²) in [5, 5.41) is 18.3. The molecule has 0 unspecified atom stereocenters. The second kappa shape index (κ2) is 3.97. The van der Waals surface area contributed by atoms with E-state index in [1.807, 2.05) is 0 Å². The molecule has 0 saturated carbocycles. The summed E-state index contributed by atoms with van der Waals surface area (Å²) in [6.45, 7) is -0.0587. The van der Waals surface area contributed by atoms with E-state index in [2.05, 4.69) is 0 Å². The average molecular weight is 255 g/mol. The predicted molar refractivity (Wildman–Crippen MR) is 48.7 cm³/mol. The topological polar surface area (TPSA) is 132 Å². The summed E-state index contributed by atoms with van der Waals surface area (Å²) in [7, 11) is -5.34. The molecule has 1 fully saturated rings. The van der Waals surface area contributed by atoms with Crippen LogP contribution in [0.1, 0.15) is 12.8 Å². The highest BCUT2D eigenvalue weighted by molar-refractivity contribution is 7.80. The lowest BCUT2D eigenvalue weighted by molar-refractivity contribution is -0.795. The fourth-order valence-electron chi connectivity index (χ4n) is 1.65. The monoisotopic (exact) mass is 255 g/mol. The Bertz CT molecular complexity index is 397. The number of nitrogens with zero attached hydrogens (tertiary/aromatic N) is 2. The van der Waals surface area contributed by atoms with Crippen LogP contribution in [0, 0.1) is 0 Å². The first-order valence-electron chi connectivity index (χ1n) is 4.33. The maximum atomic E-state index is 11.0. The van der Waals surface area contributed by atoms with Gasteiger partial charge in [0, 0.05) is 0 Å². The Morgan fingerprint density at radius 1 is 1.06 bits per heavy atom. The molecule has 0 aromatic heterocycles. The van der Waals surface area contributed by atoms with Crippen LogP contribution in [-0.4, -0.2) is 57.5 Å². The maximum absolute atomic E-state index is 11.0. The van der Waals surface area contributed by atoms with Crippen LogP contribution < -0.4 is 0 Å². The highest BCUT2D eigenvalue weighted by Crippen LogP contribution is 2.25. The summed E-state index contributed by atoms with van der Waals surface area (Å²) >= 11 is 0. The number of carbonyl (C=O) groups is 2. The van der Waals surface area contributed by atoms with Crippen molar-refractivity contribution in [2.45, 2.75) is 12.8 Å². The van der Waals surface area contributed by atoms with Gasteiger partial charge in [0.05, 0.1) is 17.1 Å². The molecular weight excluding hydrogens is 244 g/mol. The van der Waals surface area contributed by atoms with Gasteiger partial charge in [-0.15, -0.1) is 13.4 Å². The molecule has 0 spiro atoms. The predicted octanol–water partition coefficient (Wildman–Crippen LogP) is -0.0272. The van der Waals surface area contributed by atoms with Crippen LogP contribution in [0.3, 0.4) is 0 Å². The summed E-state index contributed by atoms with van der Waals surface area (Å²) in [5.41, 5.74) is 0. The van der Waals surface area contributed by atoms with E-state index in [0.29, 0.717) is 17.9 Å². The highest BCUT2D eigenvalue weighted by Gasteiger charge is 2.64. The second-order valence-electron chi connectivity index (χ2n) is 3.25. The molecule has 10 heteroatoms. The van der Waals surface area contributed by atoms with Crippen LogP contribution in [0.15, 0.2) is 0 Å². The third-order valence-corrected chi connectivity index (χ3v) is 3.54. The van der Waals surface area contributed by atoms with Crippen LogP contribution in [-0.2, 0) is 10.3 Å². The molecule has 0 atom stereocenters. The number of carboxylic acid groups (broad SMARTS) is 2. The Balaban J connectivity index is 3.39. The zero-order valence-corrected chi connectivity index (χ0v) is 8.92. The lowest BCUT2D eigenvalue weighted by Gasteiger charge is -2.28. The van der Waals surface area contributed by atoms with Crippen molar-refractivity contribution in [3.63, 3.8) is 0 Å². The van der Waals surface area contributed by atoms with E-state index in [9.17, 15) is 18.0 Å². The van der Waals surface area contributed by atoms with Crippen molar-refractivity contribution in [3.05, 3.63) is 0 Å². The summed E-state index contributed by atoms with van der Waals surface area (Å²) < 4.78 is 28.5. The van der Waals surface area contributed by atoms with Crippen LogP contribution in [0.25, 0.3) is 0 Å². The SMILES string of the molecule is O=C(O)[N+](C(=O)O)(N1CCCC1)S(=O)(=O)O. The van der Waals surface area contributed by atoms with Gasteiger partial charge in [-0.25, -0.2) is 4.55 Å². The van der Waals surface area contributed by atoms with Gasteiger partial charge in [0.1, 0.15) is 0 Å². The van der Waals surface area contributed by atoms with Gasteiger partial charge in [-0.3, -0.25) is 0 Å². The fraction of sp³-hybridized carbons (Fsp3) is 0.667. The first-order valence-corrected chi connectivity index (χ1v) is 5.73. The van der Waals surface area contributed by atoms with Crippen LogP contribution in [0.5, 0.6) is 0 Å². The highest BCUT2D eigenvalue weighted by atomic mass is 32.2. The molecule has 0 radical (unpaired) electrons. The average Bonchev–Trinajstić information content (AvgIpc) is 2.53. The lowest BCUT2D eigenvalue weighted by atomic mass is 10.4. The van der Waals surface area contributed by atoms with Crippen molar-refractivity contribution >= 4 is 22.5 Å². The number of hydrogen-bond acceptors (Lipinski definition) is 5. The second-order valence-corrected chi connectivity index (χ2v) is 4.67. The van der Waals surface area contributed by atoms with Crippen molar-refractivity contribution in [2.75, 3.05) is 13.1 Å². The van der Waals surface area contributed by atoms with E-state index >= 15 is 0 Å².